The van der Waals surface area contributed by atoms with Gasteiger partial charge in [-0.1, -0.05) is 13.0 Å². The Kier molecular flexibility index (Phi) is 4.40. The van der Waals surface area contributed by atoms with Crippen LogP contribution in [0, 0.1) is 11.7 Å². The van der Waals surface area contributed by atoms with Gasteiger partial charge in [-0.3, -0.25) is 4.79 Å². The normalized spacial score (nSPS) is 15.9. The van der Waals surface area contributed by atoms with E-state index in [1.807, 2.05) is 13.8 Å². The molecule has 2 N–H and O–H groups in total. The van der Waals surface area contributed by atoms with E-state index < -0.39 is 0 Å². The molecule has 1 aromatic rings. The van der Waals surface area contributed by atoms with Gasteiger partial charge in [0, 0.05) is 12.6 Å². The van der Waals surface area contributed by atoms with Crippen LogP contribution in [0.2, 0.25) is 0 Å². The van der Waals surface area contributed by atoms with Crippen molar-refractivity contribution in [2.24, 2.45) is 5.92 Å². The van der Waals surface area contributed by atoms with E-state index in [0.717, 1.165) is 6.42 Å². The number of halogens is 1. The first-order chi connectivity index (χ1) is 9.13. The number of amides is 1. The topological polar surface area (TPSA) is 41.1 Å². The van der Waals surface area contributed by atoms with Crippen molar-refractivity contribution in [3.05, 3.63) is 29.6 Å². The summed E-state index contributed by atoms with van der Waals surface area (Å²) in [5.41, 5.74) is 0.700. The fraction of sp³-hybridized carbons (Fsp3) is 0.533. The van der Waals surface area contributed by atoms with E-state index in [-0.39, 0.29) is 17.8 Å². The van der Waals surface area contributed by atoms with Crippen LogP contribution in [0.25, 0.3) is 0 Å². The third-order valence-corrected chi connectivity index (χ3v) is 3.50. The highest BCUT2D eigenvalue weighted by Crippen LogP contribution is 2.32. The number of nitrogens with one attached hydrogen (secondary N) is 2. The molecule has 4 heteroatoms. The van der Waals surface area contributed by atoms with Crippen LogP contribution in [0.5, 0.6) is 0 Å². The Labute approximate surface area is 113 Å². The molecule has 2 rings (SSSR count). The molecular weight excluding hydrogens is 243 g/mol. The van der Waals surface area contributed by atoms with E-state index in [0.29, 0.717) is 23.7 Å². The van der Waals surface area contributed by atoms with Gasteiger partial charge in [-0.25, -0.2) is 4.39 Å². The maximum absolute atomic E-state index is 13.8. The maximum Gasteiger partial charge on any atom is 0.253 e. The lowest BCUT2D eigenvalue weighted by molar-refractivity contribution is 0.0936. The van der Waals surface area contributed by atoms with E-state index in [9.17, 15) is 9.18 Å². The molecule has 1 fully saturated rings. The van der Waals surface area contributed by atoms with Crippen LogP contribution in [-0.4, -0.2) is 18.5 Å². The molecule has 1 saturated carbocycles. The lowest BCUT2D eigenvalue weighted by Crippen LogP contribution is -2.34. The van der Waals surface area contributed by atoms with Gasteiger partial charge in [-0.2, -0.15) is 0 Å². The van der Waals surface area contributed by atoms with Crippen molar-refractivity contribution in [2.45, 2.75) is 39.2 Å². The Morgan fingerprint density at radius 2 is 2.21 bits per heavy atom. The first kappa shape index (κ1) is 13.8. The standard InChI is InChI=1S/C15H21FN2O/c1-3-9-17-14-12(5-4-6-13(14)16)15(19)18-10(2)11-7-8-11/h4-6,10-11,17H,3,7-9H2,1-2H3,(H,18,19). The fourth-order valence-corrected chi connectivity index (χ4v) is 2.14. The van der Waals surface area contributed by atoms with E-state index in [1.54, 1.807) is 12.1 Å². The summed E-state index contributed by atoms with van der Waals surface area (Å²) in [7, 11) is 0. The fourth-order valence-electron chi connectivity index (χ4n) is 2.14. The Balaban J connectivity index is 2.12. The average Bonchev–Trinajstić information content (AvgIpc) is 3.21. The molecule has 0 bridgehead atoms. The molecule has 0 saturated heterocycles. The van der Waals surface area contributed by atoms with Gasteiger partial charge in [0.2, 0.25) is 0 Å². The molecule has 1 amide bonds. The number of para-hydroxylation sites is 1. The number of carbonyl (C=O) groups excluding carboxylic acids is 1. The van der Waals surface area contributed by atoms with Crippen molar-refractivity contribution < 1.29 is 9.18 Å². The minimum atomic E-state index is -0.375. The first-order valence-electron chi connectivity index (χ1n) is 6.96. The van der Waals surface area contributed by atoms with Crippen molar-refractivity contribution >= 4 is 11.6 Å². The highest BCUT2D eigenvalue weighted by Gasteiger charge is 2.29. The monoisotopic (exact) mass is 264 g/mol. The van der Waals surface area contributed by atoms with Gasteiger partial charge in [-0.05, 0) is 44.2 Å². The van der Waals surface area contributed by atoms with E-state index in [4.69, 9.17) is 0 Å². The summed E-state index contributed by atoms with van der Waals surface area (Å²) in [6.07, 6.45) is 3.23. The number of hydrogen-bond acceptors (Lipinski definition) is 2. The van der Waals surface area contributed by atoms with Crippen molar-refractivity contribution in [3.8, 4) is 0 Å². The highest BCUT2D eigenvalue weighted by molar-refractivity contribution is 5.99. The third-order valence-electron chi connectivity index (χ3n) is 3.50. The third kappa shape index (κ3) is 3.46. The lowest BCUT2D eigenvalue weighted by atomic mass is 10.1. The summed E-state index contributed by atoms with van der Waals surface area (Å²) >= 11 is 0. The molecular formula is C15H21FN2O. The first-order valence-corrected chi connectivity index (χ1v) is 6.96. The molecule has 1 atom stereocenters. The minimum Gasteiger partial charge on any atom is -0.382 e. The Hall–Kier alpha value is -1.58. The summed E-state index contributed by atoms with van der Waals surface area (Å²) in [5, 5.41) is 5.95. The zero-order chi connectivity index (χ0) is 13.8. The SMILES string of the molecule is CCCNc1c(F)cccc1C(=O)NC(C)C1CC1. The van der Waals surface area contributed by atoms with Gasteiger partial charge < -0.3 is 10.6 Å². The van der Waals surface area contributed by atoms with Gasteiger partial charge in [0.15, 0.2) is 0 Å². The molecule has 1 aliphatic carbocycles. The molecule has 0 radical (unpaired) electrons. The van der Waals surface area contributed by atoms with Crippen LogP contribution in [0.4, 0.5) is 10.1 Å². The average molecular weight is 264 g/mol. The molecule has 104 valence electrons. The van der Waals surface area contributed by atoms with Crippen LogP contribution in [0.1, 0.15) is 43.5 Å². The zero-order valence-corrected chi connectivity index (χ0v) is 11.5. The summed E-state index contributed by atoms with van der Waals surface area (Å²) < 4.78 is 13.8. The predicted octanol–water partition coefficient (Wildman–Crippen LogP) is 3.18. The summed E-state index contributed by atoms with van der Waals surface area (Å²) in [6.45, 7) is 4.66. The number of anilines is 1. The van der Waals surface area contributed by atoms with E-state index >= 15 is 0 Å². The number of hydrogen-bond donors (Lipinski definition) is 2. The Bertz CT molecular complexity index is 457. The van der Waals surface area contributed by atoms with Gasteiger partial charge >= 0.3 is 0 Å². The minimum absolute atomic E-state index is 0.162. The van der Waals surface area contributed by atoms with Crippen LogP contribution in [0.3, 0.4) is 0 Å². The molecule has 1 aliphatic rings. The van der Waals surface area contributed by atoms with Gasteiger partial charge in [0.1, 0.15) is 5.82 Å². The van der Waals surface area contributed by atoms with Crippen molar-refractivity contribution in [1.82, 2.24) is 5.32 Å². The van der Waals surface area contributed by atoms with E-state index in [1.165, 1.54) is 18.9 Å². The van der Waals surface area contributed by atoms with Crippen molar-refractivity contribution in [2.75, 3.05) is 11.9 Å². The van der Waals surface area contributed by atoms with Crippen LogP contribution in [0.15, 0.2) is 18.2 Å². The van der Waals surface area contributed by atoms with Gasteiger partial charge in [-0.15, -0.1) is 0 Å². The van der Waals surface area contributed by atoms with Crippen LogP contribution in [-0.2, 0) is 0 Å². The summed E-state index contributed by atoms with van der Waals surface area (Å²) in [4.78, 5) is 12.2. The van der Waals surface area contributed by atoms with Crippen LogP contribution < -0.4 is 10.6 Å². The van der Waals surface area contributed by atoms with E-state index in [2.05, 4.69) is 10.6 Å². The summed E-state index contributed by atoms with van der Waals surface area (Å²) in [5.74, 6) is 0.0160. The molecule has 3 nitrogen and oxygen atoms in total. The quantitative estimate of drug-likeness (QED) is 0.828. The molecule has 1 aromatic carbocycles. The van der Waals surface area contributed by atoms with Crippen LogP contribution >= 0.6 is 0 Å². The lowest BCUT2D eigenvalue weighted by Gasteiger charge is -2.16. The molecule has 0 aliphatic heterocycles. The largest absolute Gasteiger partial charge is 0.382 e. The van der Waals surface area contributed by atoms with Gasteiger partial charge in [0.25, 0.3) is 5.91 Å². The number of rotatable bonds is 6. The highest BCUT2D eigenvalue weighted by atomic mass is 19.1. The smallest absolute Gasteiger partial charge is 0.253 e. The predicted molar refractivity (Wildman–Crippen MR) is 74.8 cm³/mol. The Morgan fingerprint density at radius 1 is 1.47 bits per heavy atom. The van der Waals surface area contributed by atoms with Gasteiger partial charge in [0.05, 0.1) is 11.3 Å². The maximum atomic E-state index is 13.8. The molecule has 0 aromatic heterocycles. The molecule has 19 heavy (non-hydrogen) atoms. The number of benzene rings is 1. The number of carbonyl (C=O) groups is 1. The molecule has 1 unspecified atom stereocenters. The van der Waals surface area contributed by atoms with Crippen molar-refractivity contribution in [3.63, 3.8) is 0 Å². The second-order valence-corrected chi connectivity index (χ2v) is 5.19. The Morgan fingerprint density at radius 3 is 2.84 bits per heavy atom. The summed E-state index contributed by atoms with van der Waals surface area (Å²) in [6, 6.07) is 4.77. The second-order valence-electron chi connectivity index (χ2n) is 5.19. The second kappa shape index (κ2) is 6.04. The van der Waals surface area contributed by atoms with Crippen molar-refractivity contribution in [1.29, 1.82) is 0 Å². The zero-order valence-electron chi connectivity index (χ0n) is 11.5. The molecule has 0 spiro atoms. The molecule has 0 heterocycles.